The number of rotatable bonds is 4. The van der Waals surface area contributed by atoms with Gasteiger partial charge >= 0.3 is 0 Å². The van der Waals surface area contributed by atoms with E-state index >= 15 is 0 Å². The van der Waals surface area contributed by atoms with E-state index in [-0.39, 0.29) is 0 Å². The van der Waals surface area contributed by atoms with Gasteiger partial charge in [-0.25, -0.2) is 0 Å². The predicted molar refractivity (Wildman–Crippen MR) is 57.0 cm³/mol. The highest BCUT2D eigenvalue weighted by molar-refractivity contribution is 9.09. The van der Waals surface area contributed by atoms with Crippen molar-refractivity contribution in [1.82, 2.24) is 0 Å². The molecule has 0 radical (unpaired) electrons. The van der Waals surface area contributed by atoms with Crippen molar-refractivity contribution in [3.63, 3.8) is 0 Å². The summed E-state index contributed by atoms with van der Waals surface area (Å²) in [6.07, 6.45) is 0. The lowest BCUT2D eigenvalue weighted by molar-refractivity contribution is 0.404. The molecule has 0 unspecified atom stereocenters. The van der Waals surface area contributed by atoms with Crippen molar-refractivity contribution >= 4 is 21.6 Å². The summed E-state index contributed by atoms with van der Waals surface area (Å²) >= 11 is 3.29. The van der Waals surface area contributed by atoms with Gasteiger partial charge in [0.2, 0.25) is 0 Å². The van der Waals surface area contributed by atoms with Crippen LogP contribution in [0, 0.1) is 0 Å². The highest BCUT2D eigenvalue weighted by Crippen LogP contribution is 2.28. The maximum Gasteiger partial charge on any atom is 0.142 e. The van der Waals surface area contributed by atoms with E-state index in [1.54, 1.807) is 14.2 Å². The minimum Gasteiger partial charge on any atom is -0.497 e. The molecule has 13 heavy (non-hydrogen) atoms. The molecule has 0 atom stereocenters. The summed E-state index contributed by atoms with van der Waals surface area (Å²) in [6, 6.07) is 5.61. The van der Waals surface area contributed by atoms with Crippen LogP contribution in [-0.2, 0) is 0 Å². The van der Waals surface area contributed by atoms with Crippen LogP contribution in [0.15, 0.2) is 18.2 Å². The van der Waals surface area contributed by atoms with Crippen LogP contribution in [0.5, 0.6) is 11.5 Å². The molecule has 0 aliphatic heterocycles. The normalized spacial score (nSPS) is 9.46. The monoisotopic (exact) mass is 245 g/mol. The average Bonchev–Trinajstić information content (AvgIpc) is 2.18. The van der Waals surface area contributed by atoms with Gasteiger partial charge in [0.1, 0.15) is 11.5 Å². The number of benzene rings is 1. The smallest absolute Gasteiger partial charge is 0.142 e. The van der Waals surface area contributed by atoms with E-state index in [9.17, 15) is 0 Å². The third-order valence-corrected chi connectivity index (χ3v) is 1.94. The van der Waals surface area contributed by atoms with Crippen molar-refractivity contribution in [2.75, 3.05) is 25.0 Å². The molecule has 1 aromatic carbocycles. The second kappa shape index (κ2) is 4.97. The second-order valence-electron chi connectivity index (χ2n) is 2.38. The van der Waals surface area contributed by atoms with Crippen LogP contribution in [0.1, 0.15) is 0 Å². The number of hydrogen-bond donors (Lipinski definition) is 1. The molecule has 0 amide bonds. The molecule has 0 heterocycles. The first kappa shape index (κ1) is 10.2. The van der Waals surface area contributed by atoms with Gasteiger partial charge in [0.15, 0.2) is 0 Å². The molecule has 0 bridgehead atoms. The van der Waals surface area contributed by atoms with E-state index in [2.05, 4.69) is 21.2 Å². The highest BCUT2D eigenvalue weighted by atomic mass is 79.9. The Kier molecular flexibility index (Phi) is 3.89. The van der Waals surface area contributed by atoms with Crippen LogP contribution in [0.3, 0.4) is 0 Å². The lowest BCUT2D eigenvalue weighted by atomic mass is 10.3. The fourth-order valence-corrected chi connectivity index (χ4v) is 1.33. The first-order valence-electron chi connectivity index (χ1n) is 3.83. The number of anilines is 1. The third-order valence-electron chi connectivity index (χ3n) is 1.66. The van der Waals surface area contributed by atoms with Gasteiger partial charge in [0.05, 0.1) is 25.4 Å². The molecule has 1 aromatic rings. The minimum atomic E-state index is 0.677. The zero-order chi connectivity index (χ0) is 9.68. The summed E-state index contributed by atoms with van der Waals surface area (Å²) in [5.41, 5.74) is 1.59. The molecule has 72 valence electrons. The Balaban J connectivity index is 2.95. The lowest BCUT2D eigenvalue weighted by Crippen LogP contribution is -1.97. The second-order valence-corrected chi connectivity index (χ2v) is 2.94. The van der Waals surface area contributed by atoms with Crippen molar-refractivity contribution in [1.29, 1.82) is 0 Å². The van der Waals surface area contributed by atoms with Gasteiger partial charge in [-0.3, -0.25) is 0 Å². The van der Waals surface area contributed by atoms with Gasteiger partial charge in [0.25, 0.3) is 0 Å². The molecule has 0 saturated carbocycles. The number of ether oxygens (including phenoxy) is 2. The first-order chi connectivity index (χ1) is 6.31. The largest absolute Gasteiger partial charge is 0.497 e. The summed E-state index contributed by atoms with van der Waals surface area (Å²) < 4.78 is 10.2. The van der Waals surface area contributed by atoms with E-state index in [0.717, 1.165) is 17.2 Å². The van der Waals surface area contributed by atoms with E-state index in [1.165, 1.54) is 0 Å². The van der Waals surface area contributed by atoms with Crippen molar-refractivity contribution in [2.24, 2.45) is 0 Å². The molecule has 0 fully saturated rings. The molecule has 0 spiro atoms. The van der Waals surface area contributed by atoms with E-state index in [0.29, 0.717) is 5.45 Å². The zero-order valence-corrected chi connectivity index (χ0v) is 9.22. The van der Waals surface area contributed by atoms with Crippen molar-refractivity contribution in [3.8, 4) is 11.5 Å². The number of methoxy groups -OCH3 is 2. The molecule has 3 nitrogen and oxygen atoms in total. The molecule has 0 aromatic heterocycles. The van der Waals surface area contributed by atoms with Gasteiger partial charge in [-0.1, -0.05) is 15.9 Å². The number of halogens is 1. The van der Waals surface area contributed by atoms with Gasteiger partial charge in [0, 0.05) is 6.07 Å². The van der Waals surface area contributed by atoms with Crippen LogP contribution in [0.2, 0.25) is 0 Å². The fourth-order valence-electron chi connectivity index (χ4n) is 1.02. The van der Waals surface area contributed by atoms with Crippen LogP contribution >= 0.6 is 15.9 Å². The van der Waals surface area contributed by atoms with Crippen molar-refractivity contribution in [3.05, 3.63) is 18.2 Å². The van der Waals surface area contributed by atoms with Crippen LogP contribution in [0.25, 0.3) is 0 Å². The maximum absolute atomic E-state index is 5.16. The zero-order valence-electron chi connectivity index (χ0n) is 7.63. The summed E-state index contributed by atoms with van der Waals surface area (Å²) in [7, 11) is 3.28. The van der Waals surface area contributed by atoms with Crippen LogP contribution < -0.4 is 14.8 Å². The first-order valence-corrected chi connectivity index (χ1v) is 4.96. The van der Waals surface area contributed by atoms with E-state index in [4.69, 9.17) is 9.47 Å². The Morgan fingerprint density at radius 3 is 2.62 bits per heavy atom. The van der Waals surface area contributed by atoms with Crippen molar-refractivity contribution in [2.45, 2.75) is 0 Å². The number of hydrogen-bond acceptors (Lipinski definition) is 3. The minimum absolute atomic E-state index is 0.677. The van der Waals surface area contributed by atoms with Crippen LogP contribution in [0.4, 0.5) is 5.69 Å². The molecule has 1 rings (SSSR count). The Bertz CT molecular complexity index is 278. The van der Waals surface area contributed by atoms with E-state index in [1.807, 2.05) is 18.2 Å². The van der Waals surface area contributed by atoms with Crippen LogP contribution in [-0.4, -0.2) is 19.7 Å². The fraction of sp³-hybridized carbons (Fsp3) is 0.333. The Labute approximate surface area is 86.2 Å². The Hall–Kier alpha value is -0.900. The summed E-state index contributed by atoms with van der Waals surface area (Å²) in [6.45, 7) is 0. The molecular formula is C9H12BrNO2. The predicted octanol–water partition coefficient (Wildman–Crippen LogP) is 2.47. The molecule has 4 heteroatoms. The van der Waals surface area contributed by atoms with Crippen molar-refractivity contribution < 1.29 is 9.47 Å². The number of alkyl halides is 1. The quantitative estimate of drug-likeness (QED) is 0.653. The van der Waals surface area contributed by atoms with Gasteiger partial charge < -0.3 is 14.8 Å². The topological polar surface area (TPSA) is 30.5 Å². The molecule has 0 saturated heterocycles. The molecular weight excluding hydrogens is 234 g/mol. The summed E-state index contributed by atoms with van der Waals surface area (Å²) in [4.78, 5) is 0. The number of nitrogens with one attached hydrogen (secondary N) is 1. The Morgan fingerprint density at radius 2 is 2.08 bits per heavy atom. The highest BCUT2D eigenvalue weighted by Gasteiger charge is 2.02. The lowest BCUT2D eigenvalue weighted by Gasteiger charge is -2.10. The average molecular weight is 246 g/mol. The SMILES string of the molecule is COc1ccc(OC)c(NCBr)c1. The standard InChI is InChI=1S/C9H12BrNO2/c1-12-7-3-4-9(13-2)8(5-7)11-6-10/h3-5,11H,6H2,1-2H3. The molecule has 0 aliphatic carbocycles. The Morgan fingerprint density at radius 1 is 1.31 bits per heavy atom. The van der Waals surface area contributed by atoms with E-state index < -0.39 is 0 Å². The molecule has 1 N–H and O–H groups in total. The van der Waals surface area contributed by atoms with Gasteiger partial charge in [-0.2, -0.15) is 0 Å². The van der Waals surface area contributed by atoms with Gasteiger partial charge in [-0.15, -0.1) is 0 Å². The van der Waals surface area contributed by atoms with Gasteiger partial charge in [-0.05, 0) is 12.1 Å². The molecule has 0 aliphatic rings. The summed E-state index contributed by atoms with van der Waals surface area (Å²) in [5.74, 6) is 1.62. The maximum atomic E-state index is 5.16. The third kappa shape index (κ3) is 2.52. The summed E-state index contributed by atoms with van der Waals surface area (Å²) in [5, 5.41) is 3.11.